The van der Waals surface area contributed by atoms with Crippen molar-refractivity contribution in [1.29, 1.82) is 0 Å². The van der Waals surface area contributed by atoms with Gasteiger partial charge in [0.25, 0.3) is 5.91 Å². The van der Waals surface area contributed by atoms with Crippen molar-refractivity contribution in [1.82, 2.24) is 0 Å². The van der Waals surface area contributed by atoms with Gasteiger partial charge in [-0.05, 0) is 43.7 Å². The van der Waals surface area contributed by atoms with E-state index in [1.807, 2.05) is 0 Å². The molecule has 1 N–H and O–H groups in total. The van der Waals surface area contributed by atoms with Crippen LogP contribution < -0.4 is 15.7 Å². The predicted octanol–water partition coefficient (Wildman–Crippen LogP) is 3.66. The molecule has 1 amide bonds. The Morgan fingerprint density at radius 2 is 2.00 bits per heavy atom. The zero-order chi connectivity index (χ0) is 19.6. The third kappa shape index (κ3) is 3.79. The van der Waals surface area contributed by atoms with Crippen molar-refractivity contribution < 1.29 is 18.9 Å². The van der Waals surface area contributed by atoms with Gasteiger partial charge in [-0.25, -0.2) is 4.79 Å². The van der Waals surface area contributed by atoms with Gasteiger partial charge in [-0.1, -0.05) is 0 Å². The van der Waals surface area contributed by atoms with Gasteiger partial charge in [-0.2, -0.15) is 0 Å². The Kier molecular flexibility index (Phi) is 4.89. The molecule has 0 bridgehead atoms. The van der Waals surface area contributed by atoms with Crippen molar-refractivity contribution in [3.8, 4) is 5.75 Å². The van der Waals surface area contributed by atoms with E-state index in [-0.39, 0.29) is 23.6 Å². The first-order chi connectivity index (χ1) is 12.9. The van der Waals surface area contributed by atoms with Gasteiger partial charge in [0, 0.05) is 34.8 Å². The number of nitro groups is 1. The topological polar surface area (TPSA) is 112 Å². The molecule has 138 valence electrons. The summed E-state index contributed by atoms with van der Waals surface area (Å²) in [5.74, 6) is -0.433. The maximum absolute atomic E-state index is 12.5. The standard InChI is InChI=1S/C19H16N2O6/c1-3-26-16-7-4-12(9-15(16)21(24)25)19(23)20-13-5-6-14-11(2)8-18(22)27-17(14)10-13/h4-10H,3H2,1-2H3,(H,20,23). The monoisotopic (exact) mass is 368 g/mol. The highest BCUT2D eigenvalue weighted by Gasteiger charge is 2.19. The summed E-state index contributed by atoms with van der Waals surface area (Å²) in [6, 6.07) is 10.3. The maximum atomic E-state index is 12.5. The van der Waals surface area contributed by atoms with Gasteiger partial charge in [-0.15, -0.1) is 0 Å². The van der Waals surface area contributed by atoms with Gasteiger partial charge in [0.2, 0.25) is 0 Å². The van der Waals surface area contributed by atoms with E-state index in [2.05, 4.69) is 5.32 Å². The molecular weight excluding hydrogens is 352 g/mol. The number of benzene rings is 2. The fourth-order valence-corrected chi connectivity index (χ4v) is 2.68. The Labute approximate surface area is 153 Å². The molecule has 27 heavy (non-hydrogen) atoms. The molecule has 0 aliphatic carbocycles. The number of nitro benzene ring substituents is 1. The minimum Gasteiger partial charge on any atom is -0.487 e. The first-order valence-electron chi connectivity index (χ1n) is 8.16. The Morgan fingerprint density at radius 3 is 2.70 bits per heavy atom. The number of nitrogens with one attached hydrogen (secondary N) is 1. The second-order valence-corrected chi connectivity index (χ2v) is 5.79. The number of rotatable bonds is 5. The van der Waals surface area contributed by atoms with Crippen LogP contribution in [-0.2, 0) is 0 Å². The highest BCUT2D eigenvalue weighted by atomic mass is 16.6. The minimum atomic E-state index is -0.602. The number of amides is 1. The molecule has 0 unspecified atom stereocenters. The van der Waals surface area contributed by atoms with Crippen LogP contribution >= 0.6 is 0 Å². The Bertz CT molecular complexity index is 1100. The number of fused-ring (bicyclic) bond motifs is 1. The minimum absolute atomic E-state index is 0.0991. The second kappa shape index (κ2) is 7.28. The van der Waals surface area contributed by atoms with Crippen molar-refractivity contribution >= 4 is 28.3 Å². The molecule has 0 saturated heterocycles. The lowest BCUT2D eigenvalue weighted by Crippen LogP contribution is -2.12. The van der Waals surface area contributed by atoms with Gasteiger partial charge in [-0.3, -0.25) is 14.9 Å². The summed E-state index contributed by atoms with van der Waals surface area (Å²) in [5.41, 5.74) is 0.848. The lowest BCUT2D eigenvalue weighted by molar-refractivity contribution is -0.385. The molecule has 3 aromatic rings. The van der Waals surface area contributed by atoms with Crippen molar-refractivity contribution in [3.63, 3.8) is 0 Å². The summed E-state index contributed by atoms with van der Waals surface area (Å²) in [5, 5.41) is 14.6. The second-order valence-electron chi connectivity index (χ2n) is 5.79. The average Bonchev–Trinajstić information content (AvgIpc) is 2.61. The molecule has 0 spiro atoms. The molecule has 3 rings (SSSR count). The molecule has 2 aromatic carbocycles. The van der Waals surface area contributed by atoms with E-state index < -0.39 is 16.5 Å². The molecule has 1 aromatic heterocycles. The van der Waals surface area contributed by atoms with Crippen LogP contribution in [-0.4, -0.2) is 17.4 Å². The van der Waals surface area contributed by atoms with Crippen LogP contribution in [0.2, 0.25) is 0 Å². The number of aryl methyl sites for hydroxylation is 1. The van der Waals surface area contributed by atoms with Crippen molar-refractivity contribution in [2.75, 3.05) is 11.9 Å². The van der Waals surface area contributed by atoms with Crippen molar-refractivity contribution in [2.24, 2.45) is 0 Å². The van der Waals surface area contributed by atoms with E-state index in [0.717, 1.165) is 17.0 Å². The lowest BCUT2D eigenvalue weighted by atomic mass is 10.1. The SMILES string of the molecule is CCOc1ccc(C(=O)Nc2ccc3c(C)cc(=O)oc3c2)cc1[N+](=O)[O-]. The molecule has 0 atom stereocenters. The van der Waals surface area contributed by atoms with Gasteiger partial charge in [0.1, 0.15) is 5.58 Å². The summed E-state index contributed by atoms with van der Waals surface area (Å²) in [6.45, 7) is 3.77. The van der Waals surface area contributed by atoms with E-state index in [4.69, 9.17) is 9.15 Å². The summed E-state index contributed by atoms with van der Waals surface area (Å²) in [6.07, 6.45) is 0. The molecule has 0 radical (unpaired) electrons. The van der Waals surface area contributed by atoms with Crippen LogP contribution in [0.3, 0.4) is 0 Å². The predicted molar refractivity (Wildman–Crippen MR) is 99.4 cm³/mol. The van der Waals surface area contributed by atoms with E-state index in [9.17, 15) is 19.7 Å². The number of carbonyl (C=O) groups excluding carboxylic acids is 1. The number of hydrogen-bond donors (Lipinski definition) is 1. The molecule has 0 fully saturated rings. The molecule has 0 aliphatic rings. The Morgan fingerprint density at radius 1 is 1.22 bits per heavy atom. The molecular formula is C19H16N2O6. The molecule has 8 nitrogen and oxygen atoms in total. The van der Waals surface area contributed by atoms with Crippen LogP contribution in [0.5, 0.6) is 5.75 Å². The van der Waals surface area contributed by atoms with Crippen LogP contribution in [0, 0.1) is 17.0 Å². The smallest absolute Gasteiger partial charge is 0.336 e. The zero-order valence-electron chi connectivity index (χ0n) is 14.6. The first-order valence-corrected chi connectivity index (χ1v) is 8.16. The molecule has 8 heteroatoms. The van der Waals surface area contributed by atoms with E-state index in [1.54, 1.807) is 26.0 Å². The number of anilines is 1. The summed E-state index contributed by atoms with van der Waals surface area (Å²) in [4.78, 5) is 34.6. The molecule has 1 heterocycles. The largest absolute Gasteiger partial charge is 0.487 e. The highest BCUT2D eigenvalue weighted by molar-refractivity contribution is 6.05. The van der Waals surface area contributed by atoms with Crippen LogP contribution in [0.15, 0.2) is 51.7 Å². The van der Waals surface area contributed by atoms with Crippen molar-refractivity contribution in [3.05, 3.63) is 74.1 Å². The Hall–Kier alpha value is -3.68. The third-order valence-corrected chi connectivity index (χ3v) is 3.93. The van der Waals surface area contributed by atoms with Crippen LogP contribution in [0.1, 0.15) is 22.8 Å². The number of ether oxygens (including phenoxy) is 1. The van der Waals surface area contributed by atoms with E-state index in [0.29, 0.717) is 11.3 Å². The normalized spacial score (nSPS) is 10.6. The van der Waals surface area contributed by atoms with Gasteiger partial charge in [0.15, 0.2) is 5.75 Å². The summed E-state index contributed by atoms with van der Waals surface area (Å²) < 4.78 is 10.4. The Balaban J connectivity index is 1.91. The van der Waals surface area contributed by atoms with Gasteiger partial charge in [0.05, 0.1) is 11.5 Å². The molecule has 0 saturated carbocycles. The summed E-state index contributed by atoms with van der Waals surface area (Å²) in [7, 11) is 0. The van der Waals surface area contributed by atoms with Crippen LogP contribution in [0.25, 0.3) is 11.0 Å². The number of hydrogen-bond acceptors (Lipinski definition) is 6. The molecule has 0 aliphatic heterocycles. The quantitative estimate of drug-likeness (QED) is 0.418. The van der Waals surface area contributed by atoms with Crippen LogP contribution in [0.4, 0.5) is 11.4 Å². The highest BCUT2D eigenvalue weighted by Crippen LogP contribution is 2.28. The lowest BCUT2D eigenvalue weighted by Gasteiger charge is -2.08. The summed E-state index contributed by atoms with van der Waals surface area (Å²) >= 11 is 0. The van der Waals surface area contributed by atoms with Crippen molar-refractivity contribution in [2.45, 2.75) is 13.8 Å². The first kappa shape index (κ1) is 18.1. The fraction of sp³-hybridized carbons (Fsp3) is 0.158. The number of nitrogens with zero attached hydrogens (tertiary/aromatic N) is 1. The van der Waals surface area contributed by atoms with E-state index in [1.165, 1.54) is 24.3 Å². The zero-order valence-corrected chi connectivity index (χ0v) is 14.6. The van der Waals surface area contributed by atoms with Gasteiger partial charge < -0.3 is 14.5 Å². The van der Waals surface area contributed by atoms with Gasteiger partial charge >= 0.3 is 11.3 Å². The fourth-order valence-electron chi connectivity index (χ4n) is 2.68. The third-order valence-electron chi connectivity index (χ3n) is 3.93. The maximum Gasteiger partial charge on any atom is 0.336 e. The van der Waals surface area contributed by atoms with E-state index >= 15 is 0 Å². The average molecular weight is 368 g/mol. The number of carbonyl (C=O) groups is 1.